The first-order chi connectivity index (χ1) is 18.3. The highest BCUT2D eigenvalue weighted by atomic mass is 35.5. The van der Waals surface area contributed by atoms with Crippen LogP contribution in [0.15, 0.2) is 48.7 Å². The minimum absolute atomic E-state index is 0.0312. The summed E-state index contributed by atoms with van der Waals surface area (Å²) in [5, 5.41) is 5.10. The number of ether oxygens (including phenoxy) is 2. The van der Waals surface area contributed by atoms with Gasteiger partial charge in [-0.3, -0.25) is 9.69 Å². The molecule has 3 heterocycles. The zero-order chi connectivity index (χ0) is 27.1. The van der Waals surface area contributed by atoms with E-state index in [1.54, 1.807) is 35.0 Å². The molecule has 196 valence electrons. The smallest absolute Gasteiger partial charge is 0.319 e. The van der Waals surface area contributed by atoms with Crippen LogP contribution in [0, 0.1) is 5.82 Å². The molecule has 0 saturated heterocycles. The van der Waals surface area contributed by atoms with Crippen molar-refractivity contribution in [2.45, 2.75) is 18.9 Å². The molecule has 2 unspecified atom stereocenters. The highest BCUT2D eigenvalue weighted by molar-refractivity contribution is 6.31. The quantitative estimate of drug-likeness (QED) is 0.343. The first-order valence-electron chi connectivity index (χ1n) is 11.6. The third kappa shape index (κ3) is 4.14. The fraction of sp³-hybridized carbons (Fsp3) is 0.231. The van der Waals surface area contributed by atoms with Crippen LogP contribution in [0.5, 0.6) is 11.9 Å². The van der Waals surface area contributed by atoms with Gasteiger partial charge < -0.3 is 15.2 Å². The number of anilines is 1. The average Bonchev–Trinajstić information content (AvgIpc) is 3.45. The Kier molecular flexibility index (Phi) is 6.95. The van der Waals surface area contributed by atoms with Gasteiger partial charge in [-0.05, 0) is 29.8 Å². The van der Waals surface area contributed by atoms with E-state index in [1.807, 2.05) is 6.92 Å². The van der Waals surface area contributed by atoms with Crippen molar-refractivity contribution in [1.29, 1.82) is 0 Å². The van der Waals surface area contributed by atoms with Gasteiger partial charge in [0.2, 0.25) is 5.88 Å². The molecular weight excluding hydrogens is 534 g/mol. The zero-order valence-corrected chi connectivity index (χ0v) is 22.2. The maximum atomic E-state index is 15.3. The summed E-state index contributed by atoms with van der Waals surface area (Å²) < 4.78 is 27.5. The van der Waals surface area contributed by atoms with Crippen LogP contribution < -0.4 is 20.1 Å². The molecule has 0 fully saturated rings. The number of aromatic nitrogens is 4. The number of fused-ring (bicyclic) bond motifs is 1. The van der Waals surface area contributed by atoms with Crippen molar-refractivity contribution in [2.75, 3.05) is 25.7 Å². The van der Waals surface area contributed by atoms with Crippen molar-refractivity contribution in [1.82, 2.24) is 19.7 Å². The van der Waals surface area contributed by atoms with Crippen LogP contribution in [0.1, 0.15) is 46.2 Å². The van der Waals surface area contributed by atoms with Crippen LogP contribution in [0.25, 0.3) is 5.69 Å². The number of methoxy groups -OCH3 is 2. The van der Waals surface area contributed by atoms with Gasteiger partial charge in [0.05, 0.1) is 42.9 Å². The van der Waals surface area contributed by atoms with E-state index in [0.717, 1.165) is 0 Å². The second kappa shape index (κ2) is 10.2. The number of carbonyl (C=O) groups excluding carboxylic acids is 1. The number of rotatable bonds is 7. The molecule has 2 N–H and O–H groups in total. The Balaban J connectivity index is 1.80. The summed E-state index contributed by atoms with van der Waals surface area (Å²) >= 11 is 12.3. The van der Waals surface area contributed by atoms with Gasteiger partial charge in [-0.1, -0.05) is 48.3 Å². The maximum absolute atomic E-state index is 15.3. The second-order valence-electron chi connectivity index (χ2n) is 8.65. The van der Waals surface area contributed by atoms with E-state index in [4.69, 9.17) is 38.4 Å². The fourth-order valence-electron chi connectivity index (χ4n) is 4.63. The van der Waals surface area contributed by atoms with Gasteiger partial charge in [0, 0.05) is 23.0 Å². The van der Waals surface area contributed by atoms with E-state index in [2.05, 4.69) is 15.1 Å². The third-order valence-corrected chi connectivity index (χ3v) is 6.97. The average molecular weight is 557 g/mol. The molecule has 38 heavy (non-hydrogen) atoms. The molecule has 0 spiro atoms. The summed E-state index contributed by atoms with van der Waals surface area (Å²) in [5.41, 5.74) is 8.60. The molecular formula is C26H23Cl2FN6O3. The van der Waals surface area contributed by atoms with Gasteiger partial charge in [0.1, 0.15) is 5.69 Å². The van der Waals surface area contributed by atoms with Gasteiger partial charge in [-0.2, -0.15) is 10.1 Å². The Bertz CT molecular complexity index is 1530. The lowest BCUT2D eigenvalue weighted by molar-refractivity contribution is 0.0987. The molecule has 1 aliphatic rings. The summed E-state index contributed by atoms with van der Waals surface area (Å²) in [6, 6.07) is 10.9. The molecule has 0 aliphatic carbocycles. The molecule has 4 aromatic rings. The lowest BCUT2D eigenvalue weighted by atomic mass is 9.93. The number of hydrogen-bond acceptors (Lipinski definition) is 7. The van der Waals surface area contributed by atoms with Crippen LogP contribution in [-0.4, -0.2) is 46.4 Å². The SMILES string of the molecule is COc1ncc(-n2nc3c(c2C(C)CN)C(c2ccc(Cl)cc2)N(c2cccc(Cl)c2F)C3=O)c(OC)n1. The standard InChI is InChI=1S/C26H23Cl2FN6O3/c1-13(11-30)22-19-21(33-35(22)18-12-31-26(38-3)32-24(18)37-2)25(36)34(17-6-4-5-16(28)20(17)29)23(19)14-7-9-15(27)10-8-14/h4-10,12-13,23H,11,30H2,1-3H3. The lowest BCUT2D eigenvalue weighted by Crippen LogP contribution is -2.31. The monoisotopic (exact) mass is 556 g/mol. The summed E-state index contributed by atoms with van der Waals surface area (Å²) in [5.74, 6) is -1.29. The Morgan fingerprint density at radius 3 is 2.50 bits per heavy atom. The predicted molar refractivity (Wildman–Crippen MR) is 141 cm³/mol. The minimum Gasteiger partial charge on any atom is -0.479 e. The summed E-state index contributed by atoms with van der Waals surface area (Å²) in [6.07, 6.45) is 1.50. The van der Waals surface area contributed by atoms with Crippen LogP contribution in [0.2, 0.25) is 10.0 Å². The normalized spacial score (nSPS) is 15.5. The summed E-state index contributed by atoms with van der Waals surface area (Å²) in [4.78, 5) is 23.8. The van der Waals surface area contributed by atoms with Crippen molar-refractivity contribution in [3.63, 3.8) is 0 Å². The van der Waals surface area contributed by atoms with Gasteiger partial charge in [-0.15, -0.1) is 0 Å². The van der Waals surface area contributed by atoms with Crippen LogP contribution in [0.4, 0.5) is 10.1 Å². The van der Waals surface area contributed by atoms with E-state index in [9.17, 15) is 4.79 Å². The van der Waals surface area contributed by atoms with Gasteiger partial charge in [0.15, 0.2) is 11.5 Å². The minimum atomic E-state index is -0.745. The molecule has 2 aromatic heterocycles. The molecule has 12 heteroatoms. The van der Waals surface area contributed by atoms with Crippen LogP contribution in [0.3, 0.4) is 0 Å². The van der Waals surface area contributed by atoms with Crippen molar-refractivity contribution >= 4 is 34.8 Å². The number of halogens is 3. The Morgan fingerprint density at radius 1 is 1.11 bits per heavy atom. The van der Waals surface area contributed by atoms with Crippen LogP contribution >= 0.6 is 23.2 Å². The third-order valence-electron chi connectivity index (χ3n) is 6.43. The van der Waals surface area contributed by atoms with Gasteiger partial charge in [-0.25, -0.2) is 14.1 Å². The summed E-state index contributed by atoms with van der Waals surface area (Å²) in [6.45, 7) is 2.15. The molecule has 1 aliphatic heterocycles. The molecule has 9 nitrogen and oxygen atoms in total. The number of hydrogen-bond donors (Lipinski definition) is 1. The molecule has 0 bridgehead atoms. The number of nitrogens with two attached hydrogens (primary N) is 1. The predicted octanol–water partition coefficient (Wildman–Crippen LogP) is 4.94. The first kappa shape index (κ1) is 25.9. The number of carbonyl (C=O) groups is 1. The van der Waals surface area contributed by atoms with Crippen LogP contribution in [-0.2, 0) is 0 Å². The molecule has 1 amide bonds. The molecule has 2 aromatic carbocycles. The van der Waals surface area contributed by atoms with E-state index in [-0.39, 0.29) is 40.8 Å². The topological polar surface area (TPSA) is 108 Å². The lowest BCUT2D eigenvalue weighted by Gasteiger charge is -2.28. The highest BCUT2D eigenvalue weighted by Gasteiger charge is 2.46. The number of nitrogens with zero attached hydrogens (tertiary/aromatic N) is 5. The maximum Gasteiger partial charge on any atom is 0.319 e. The molecule has 0 radical (unpaired) electrons. The van der Waals surface area contributed by atoms with Crippen molar-refractivity contribution in [3.8, 4) is 17.6 Å². The van der Waals surface area contributed by atoms with E-state index >= 15 is 4.39 Å². The largest absolute Gasteiger partial charge is 0.479 e. The van der Waals surface area contributed by atoms with Gasteiger partial charge in [0.25, 0.3) is 5.91 Å². The van der Waals surface area contributed by atoms with Gasteiger partial charge >= 0.3 is 6.01 Å². The summed E-state index contributed by atoms with van der Waals surface area (Å²) in [7, 11) is 2.90. The Morgan fingerprint density at radius 2 is 1.84 bits per heavy atom. The van der Waals surface area contributed by atoms with E-state index in [1.165, 1.54) is 37.4 Å². The van der Waals surface area contributed by atoms with E-state index in [0.29, 0.717) is 27.5 Å². The molecule has 0 saturated carbocycles. The van der Waals surface area contributed by atoms with Crippen molar-refractivity contribution in [3.05, 3.63) is 87.0 Å². The number of benzene rings is 2. The Labute approximate surface area is 227 Å². The molecule has 2 atom stereocenters. The Hall–Kier alpha value is -3.73. The highest BCUT2D eigenvalue weighted by Crippen LogP contribution is 2.47. The number of amides is 1. The fourth-order valence-corrected chi connectivity index (χ4v) is 4.92. The second-order valence-corrected chi connectivity index (χ2v) is 9.49. The van der Waals surface area contributed by atoms with Crippen molar-refractivity contribution < 1.29 is 18.7 Å². The van der Waals surface area contributed by atoms with Crippen molar-refractivity contribution in [2.24, 2.45) is 5.73 Å². The van der Waals surface area contributed by atoms with E-state index < -0.39 is 17.8 Å². The zero-order valence-electron chi connectivity index (χ0n) is 20.7. The molecule has 5 rings (SSSR count). The first-order valence-corrected chi connectivity index (χ1v) is 12.4.